The molecule has 0 fully saturated rings. The minimum absolute atomic E-state index is 0.0328. The Morgan fingerprint density at radius 3 is 1.67 bits per heavy atom. The van der Waals surface area contributed by atoms with E-state index in [1.54, 1.807) is 19.9 Å². The Morgan fingerprint density at radius 1 is 0.750 bits per heavy atom. The third kappa shape index (κ3) is 8.14. The highest BCUT2D eigenvalue weighted by Crippen LogP contribution is 2.36. The van der Waals surface area contributed by atoms with Gasteiger partial charge in [-0.05, 0) is 39.5 Å². The fraction of sp³-hybridized carbons (Fsp3) is 0.353. The summed E-state index contributed by atoms with van der Waals surface area (Å²) in [5, 5.41) is 46.3. The van der Waals surface area contributed by atoms with Crippen LogP contribution >= 0.6 is 23.1 Å². The molecular formula is C34H38N20O4S2. The number of carbonyl (C=O) groups is 2. The molecule has 0 aliphatic rings. The predicted molar refractivity (Wildman–Crippen MR) is 217 cm³/mol. The van der Waals surface area contributed by atoms with Crippen LogP contribution in [0.1, 0.15) is 83.3 Å². The number of azo groups is 2. The van der Waals surface area contributed by atoms with Crippen LogP contribution in [0.2, 0.25) is 0 Å². The van der Waals surface area contributed by atoms with Crippen molar-refractivity contribution in [2.75, 3.05) is 25.2 Å². The van der Waals surface area contributed by atoms with Gasteiger partial charge in [0.25, 0.3) is 0 Å². The van der Waals surface area contributed by atoms with E-state index < -0.39 is 18.4 Å². The standard InChI is InChI=1S/C34H38N20O4S2/c1-6-8-10-21-26(43-45-30-19(23(56)15-55)13-39-53(30)33-41-17(3)49-59-33)28(35)51(47-21)24-12-25(38-16-37-24)52-29(36)27(22(48-52)11-9-7-2)44-46-31-20(32(57)58-5)14-40-54(31)34-42-18(4)50-60-34/h12-14,16,55H,6-11,15,35-36H2,1-5H3/b45-43+,46-44+. The van der Waals surface area contributed by atoms with E-state index >= 15 is 0 Å². The summed E-state index contributed by atoms with van der Waals surface area (Å²) in [7, 11) is 1.25. The second kappa shape index (κ2) is 17.8. The molecule has 0 radical (unpaired) electrons. The van der Waals surface area contributed by atoms with Gasteiger partial charge >= 0.3 is 5.97 Å². The zero-order valence-electron chi connectivity index (χ0n) is 33.0. The van der Waals surface area contributed by atoms with Crippen molar-refractivity contribution in [3.8, 4) is 21.9 Å². The third-order valence-electron chi connectivity index (χ3n) is 8.76. The number of nitrogens with two attached hydrogens (primary N) is 2. The van der Waals surface area contributed by atoms with Gasteiger partial charge in [-0.3, -0.25) is 4.79 Å². The van der Waals surface area contributed by atoms with Crippen LogP contribution in [0.5, 0.6) is 0 Å². The number of aliphatic hydroxyl groups is 1. The number of ketones is 1. The smallest absolute Gasteiger partial charge is 0.343 e. The summed E-state index contributed by atoms with van der Waals surface area (Å²) in [5.41, 5.74) is 15.1. The first kappa shape index (κ1) is 41.1. The highest BCUT2D eigenvalue weighted by Gasteiger charge is 2.25. The number of methoxy groups -OCH3 is 1. The summed E-state index contributed by atoms with van der Waals surface area (Å²) in [5.74, 6) is 0.566. The van der Waals surface area contributed by atoms with Crippen molar-refractivity contribution >= 4 is 69.5 Å². The maximum atomic E-state index is 12.7. The van der Waals surface area contributed by atoms with Gasteiger partial charge in [0, 0.05) is 29.1 Å². The zero-order chi connectivity index (χ0) is 42.5. The van der Waals surface area contributed by atoms with Crippen LogP contribution in [-0.4, -0.2) is 98.4 Å². The quantitative estimate of drug-likeness (QED) is 0.0603. The van der Waals surface area contributed by atoms with E-state index in [1.807, 2.05) is 13.8 Å². The van der Waals surface area contributed by atoms with Crippen LogP contribution in [0.4, 0.5) is 34.6 Å². The number of Topliss-reactive ketones (excluding diaryl/α,β-unsaturated/α-hetero) is 1. The second-order valence-electron chi connectivity index (χ2n) is 12.9. The molecule has 5 N–H and O–H groups in total. The Kier molecular flexibility index (Phi) is 12.2. The summed E-state index contributed by atoms with van der Waals surface area (Å²) in [6, 6.07) is 1.59. The molecule has 0 saturated carbocycles. The Labute approximate surface area is 348 Å². The predicted octanol–water partition coefficient (Wildman–Crippen LogP) is 5.18. The number of anilines is 2. The van der Waals surface area contributed by atoms with E-state index in [1.165, 1.54) is 44.6 Å². The number of nitrogen functional groups attached to an aromatic ring is 2. The number of unbranched alkanes of at least 4 members (excludes halogenated alkanes) is 2. The van der Waals surface area contributed by atoms with Gasteiger partial charge in [0.05, 0.1) is 36.5 Å². The number of aryl methyl sites for hydroxylation is 4. The van der Waals surface area contributed by atoms with Crippen LogP contribution < -0.4 is 11.5 Å². The van der Waals surface area contributed by atoms with E-state index in [9.17, 15) is 14.7 Å². The summed E-state index contributed by atoms with van der Waals surface area (Å²) < 4.78 is 18.9. The molecule has 7 aromatic rings. The van der Waals surface area contributed by atoms with E-state index in [-0.39, 0.29) is 57.4 Å². The first-order chi connectivity index (χ1) is 29.1. The summed E-state index contributed by atoms with van der Waals surface area (Å²) in [6.07, 6.45) is 8.15. The number of rotatable bonds is 17. The maximum Gasteiger partial charge on any atom is 0.343 e. The Morgan fingerprint density at radius 2 is 1.23 bits per heavy atom. The highest BCUT2D eigenvalue weighted by molar-refractivity contribution is 7.08. The monoisotopic (exact) mass is 854 g/mol. The van der Waals surface area contributed by atoms with Crippen LogP contribution in [0, 0.1) is 13.8 Å². The molecule has 7 heterocycles. The molecule has 7 rings (SSSR count). The number of carbonyl (C=O) groups excluding carboxylic acids is 2. The van der Waals surface area contributed by atoms with Gasteiger partial charge in [-0.1, -0.05) is 26.7 Å². The van der Waals surface area contributed by atoms with E-state index in [0.29, 0.717) is 46.1 Å². The number of hydrogen-bond donors (Lipinski definition) is 3. The lowest BCUT2D eigenvalue weighted by molar-refractivity contribution is 0.0601. The van der Waals surface area contributed by atoms with Crippen molar-refractivity contribution in [2.45, 2.75) is 66.2 Å². The third-order valence-corrected chi connectivity index (χ3v) is 10.3. The lowest BCUT2D eigenvalue weighted by Gasteiger charge is -2.06. The van der Waals surface area contributed by atoms with Crippen molar-refractivity contribution in [2.24, 2.45) is 20.5 Å². The molecule has 0 atom stereocenters. The highest BCUT2D eigenvalue weighted by atomic mass is 32.1. The minimum Gasteiger partial charge on any atom is -0.465 e. The molecular weight excluding hydrogens is 817 g/mol. The number of esters is 1. The Bertz CT molecular complexity index is 2560. The normalized spacial score (nSPS) is 11.8. The molecule has 0 saturated heterocycles. The van der Waals surface area contributed by atoms with Gasteiger partial charge in [0.15, 0.2) is 52.1 Å². The molecule has 0 spiro atoms. The van der Waals surface area contributed by atoms with Crippen molar-refractivity contribution in [3.63, 3.8) is 0 Å². The second-order valence-corrected chi connectivity index (χ2v) is 14.4. The van der Waals surface area contributed by atoms with Gasteiger partial charge in [0.1, 0.15) is 30.1 Å². The molecule has 60 heavy (non-hydrogen) atoms. The van der Waals surface area contributed by atoms with Gasteiger partial charge in [-0.25, -0.2) is 24.7 Å². The average Bonchev–Trinajstić information content (AvgIpc) is 4.12. The van der Waals surface area contributed by atoms with E-state index in [2.05, 4.69) is 59.3 Å². The van der Waals surface area contributed by atoms with Crippen molar-refractivity contribution in [1.29, 1.82) is 0 Å². The molecule has 0 bridgehead atoms. The van der Waals surface area contributed by atoms with Gasteiger partial charge in [-0.2, -0.15) is 47.9 Å². The zero-order valence-corrected chi connectivity index (χ0v) is 34.6. The molecule has 0 aliphatic carbocycles. The van der Waals surface area contributed by atoms with E-state index in [4.69, 9.17) is 26.4 Å². The van der Waals surface area contributed by atoms with Crippen LogP contribution in [0.3, 0.4) is 0 Å². The molecule has 310 valence electrons. The van der Waals surface area contributed by atoms with Crippen LogP contribution in [-0.2, 0) is 17.6 Å². The van der Waals surface area contributed by atoms with Crippen molar-refractivity contribution in [3.05, 3.63) is 59.0 Å². The van der Waals surface area contributed by atoms with Crippen molar-refractivity contribution in [1.82, 2.24) is 67.8 Å². The van der Waals surface area contributed by atoms with Gasteiger partial charge in [-0.15, -0.1) is 20.5 Å². The molecule has 0 aromatic carbocycles. The number of nitrogens with zero attached hydrogens (tertiary/aromatic N) is 18. The molecule has 7 aromatic heterocycles. The Balaban J connectivity index is 1.28. The average molecular weight is 855 g/mol. The molecule has 26 heteroatoms. The minimum atomic E-state index is -0.764. The molecule has 24 nitrogen and oxygen atoms in total. The van der Waals surface area contributed by atoms with Crippen LogP contribution in [0.25, 0.3) is 21.9 Å². The summed E-state index contributed by atoms with van der Waals surface area (Å²) in [4.78, 5) is 43.0. The molecule has 0 amide bonds. The number of aromatic nitrogens is 14. The van der Waals surface area contributed by atoms with Gasteiger partial charge < -0.3 is 21.3 Å². The number of aliphatic hydroxyl groups excluding tert-OH is 1. The lowest BCUT2D eigenvalue weighted by atomic mass is 10.2. The lowest BCUT2D eigenvalue weighted by Crippen LogP contribution is -2.09. The summed E-state index contributed by atoms with van der Waals surface area (Å²) >= 11 is 2.13. The Hall–Kier alpha value is -7.06. The largest absolute Gasteiger partial charge is 0.465 e. The first-order valence-corrected chi connectivity index (χ1v) is 20.0. The van der Waals surface area contributed by atoms with Crippen molar-refractivity contribution < 1.29 is 19.4 Å². The SMILES string of the molecule is CCCCc1nn(-c2cc(-n3nc(CCCC)c(/N=N/c4c(C(=O)OC)cnn4-c4nc(C)ns4)c3N)ncn2)c(N)c1/N=N/c1c(C(=O)CO)cnn1-c1nc(C)ns1. The van der Waals surface area contributed by atoms with E-state index in [0.717, 1.165) is 48.7 Å². The molecule has 0 aliphatic heterocycles. The maximum absolute atomic E-state index is 12.7. The number of ether oxygens (including phenoxy) is 1. The topological polar surface area (TPSA) is 314 Å². The first-order valence-electron chi connectivity index (χ1n) is 18.5. The number of hydrogen-bond acceptors (Lipinski definition) is 22. The fourth-order valence-electron chi connectivity index (χ4n) is 5.73. The fourth-order valence-corrected chi connectivity index (χ4v) is 7.01. The van der Waals surface area contributed by atoms with Gasteiger partial charge in [0.2, 0.25) is 10.3 Å². The summed E-state index contributed by atoms with van der Waals surface area (Å²) in [6.45, 7) is 6.77. The van der Waals surface area contributed by atoms with Crippen LogP contribution in [0.15, 0.2) is 45.2 Å². The molecule has 0 unspecified atom stereocenters.